The first kappa shape index (κ1) is 17.5. The highest BCUT2D eigenvalue weighted by Gasteiger charge is 2.22. The number of carbonyl (C=O) groups is 3. The van der Waals surface area contributed by atoms with Gasteiger partial charge in [-0.25, -0.2) is 0 Å². The number of aromatic nitrogens is 1. The highest BCUT2D eigenvalue weighted by molar-refractivity contribution is 5.90. The molecule has 0 spiro atoms. The Morgan fingerprint density at radius 1 is 1.25 bits per heavy atom. The molecular weight excluding hydrogens is 310 g/mol. The van der Waals surface area contributed by atoms with Crippen molar-refractivity contribution in [2.45, 2.75) is 26.3 Å². The second-order valence-electron chi connectivity index (χ2n) is 5.34. The summed E-state index contributed by atoms with van der Waals surface area (Å²) < 4.78 is 4.77. The first-order valence-electron chi connectivity index (χ1n) is 7.76. The molecule has 0 unspecified atom stereocenters. The number of H-pyrrole nitrogens is 1. The number of esters is 1. The van der Waals surface area contributed by atoms with Crippen molar-refractivity contribution < 1.29 is 19.1 Å². The molecule has 7 nitrogen and oxygen atoms in total. The van der Waals surface area contributed by atoms with Crippen LogP contribution in [0.1, 0.15) is 19.4 Å². The molecule has 2 amide bonds. The zero-order chi connectivity index (χ0) is 17.5. The van der Waals surface area contributed by atoms with Gasteiger partial charge in [0.2, 0.25) is 11.8 Å². The molecule has 1 atom stereocenters. The molecule has 1 aromatic heterocycles. The molecule has 0 saturated heterocycles. The van der Waals surface area contributed by atoms with E-state index in [1.165, 1.54) is 6.92 Å². The first-order chi connectivity index (χ1) is 11.5. The van der Waals surface area contributed by atoms with Crippen molar-refractivity contribution in [2.75, 3.05) is 13.2 Å². The number of para-hydroxylation sites is 1. The molecular formula is C17H21N3O4. The number of aromatic amines is 1. The summed E-state index contributed by atoms with van der Waals surface area (Å²) in [6.07, 6.45) is 2.14. The predicted octanol–water partition coefficient (Wildman–Crippen LogP) is 0.894. The Bertz CT molecular complexity index is 738. The van der Waals surface area contributed by atoms with Gasteiger partial charge >= 0.3 is 5.97 Å². The SMILES string of the molecule is CCOC(=O)CNC(=O)[C@H](Cc1c[nH]c2ccccc12)NC(C)=O. The molecule has 1 aromatic carbocycles. The van der Waals surface area contributed by atoms with Gasteiger partial charge in [-0.05, 0) is 18.6 Å². The number of amides is 2. The summed E-state index contributed by atoms with van der Waals surface area (Å²) in [4.78, 5) is 38.2. The summed E-state index contributed by atoms with van der Waals surface area (Å²) in [5, 5.41) is 6.11. The Morgan fingerprint density at radius 3 is 2.71 bits per heavy atom. The molecule has 2 aromatic rings. The van der Waals surface area contributed by atoms with Crippen LogP contribution in [0.5, 0.6) is 0 Å². The average molecular weight is 331 g/mol. The van der Waals surface area contributed by atoms with Crippen molar-refractivity contribution in [2.24, 2.45) is 0 Å². The van der Waals surface area contributed by atoms with Crippen molar-refractivity contribution in [3.63, 3.8) is 0 Å². The topological polar surface area (TPSA) is 100 Å². The summed E-state index contributed by atoms with van der Waals surface area (Å²) >= 11 is 0. The smallest absolute Gasteiger partial charge is 0.325 e. The third-order valence-electron chi connectivity index (χ3n) is 3.51. The number of rotatable bonds is 7. The van der Waals surface area contributed by atoms with Crippen LogP contribution in [0.15, 0.2) is 30.5 Å². The molecule has 1 heterocycles. The molecule has 0 aliphatic rings. The Kier molecular flexibility index (Phi) is 5.95. The van der Waals surface area contributed by atoms with E-state index < -0.39 is 17.9 Å². The van der Waals surface area contributed by atoms with Crippen LogP contribution in [0.4, 0.5) is 0 Å². The summed E-state index contributed by atoms with van der Waals surface area (Å²) in [7, 11) is 0. The molecule has 0 aliphatic heterocycles. The van der Waals surface area contributed by atoms with Gasteiger partial charge in [-0.3, -0.25) is 14.4 Å². The zero-order valence-corrected chi connectivity index (χ0v) is 13.7. The van der Waals surface area contributed by atoms with Gasteiger partial charge in [0.1, 0.15) is 12.6 Å². The lowest BCUT2D eigenvalue weighted by molar-refractivity contribution is -0.143. The number of nitrogens with one attached hydrogen (secondary N) is 3. The van der Waals surface area contributed by atoms with Crippen molar-refractivity contribution in [3.05, 3.63) is 36.0 Å². The van der Waals surface area contributed by atoms with E-state index in [9.17, 15) is 14.4 Å². The quantitative estimate of drug-likeness (QED) is 0.656. The minimum atomic E-state index is -0.767. The van der Waals surface area contributed by atoms with E-state index in [-0.39, 0.29) is 19.1 Å². The molecule has 0 fully saturated rings. The molecule has 0 aliphatic carbocycles. The van der Waals surface area contributed by atoms with Gasteiger partial charge in [-0.15, -0.1) is 0 Å². The van der Waals surface area contributed by atoms with Crippen molar-refractivity contribution in [1.29, 1.82) is 0 Å². The fourth-order valence-electron chi connectivity index (χ4n) is 2.47. The summed E-state index contributed by atoms with van der Waals surface area (Å²) in [5.74, 6) is -1.26. The third-order valence-corrected chi connectivity index (χ3v) is 3.51. The highest BCUT2D eigenvalue weighted by Crippen LogP contribution is 2.19. The summed E-state index contributed by atoms with van der Waals surface area (Å²) in [6, 6.07) is 6.94. The van der Waals surface area contributed by atoms with E-state index in [4.69, 9.17) is 4.74 Å². The normalized spacial score (nSPS) is 11.8. The maximum Gasteiger partial charge on any atom is 0.325 e. The number of carbonyl (C=O) groups excluding carboxylic acids is 3. The minimum absolute atomic E-state index is 0.226. The number of fused-ring (bicyclic) bond motifs is 1. The van der Waals surface area contributed by atoms with Gasteiger partial charge in [0, 0.05) is 30.4 Å². The van der Waals surface area contributed by atoms with Gasteiger partial charge in [0.05, 0.1) is 6.61 Å². The van der Waals surface area contributed by atoms with Crippen molar-refractivity contribution in [3.8, 4) is 0 Å². The van der Waals surface area contributed by atoms with Crippen LogP contribution in [0.25, 0.3) is 10.9 Å². The lowest BCUT2D eigenvalue weighted by Gasteiger charge is -2.17. The van der Waals surface area contributed by atoms with Crippen LogP contribution in [0.3, 0.4) is 0 Å². The van der Waals surface area contributed by atoms with E-state index in [0.29, 0.717) is 6.42 Å². The molecule has 0 saturated carbocycles. The minimum Gasteiger partial charge on any atom is -0.465 e. The Balaban J connectivity index is 2.08. The summed E-state index contributed by atoms with van der Waals surface area (Å²) in [5.41, 5.74) is 1.87. The third kappa shape index (κ3) is 4.58. The molecule has 2 rings (SSSR count). The van der Waals surface area contributed by atoms with Gasteiger partial charge in [-0.1, -0.05) is 18.2 Å². The van der Waals surface area contributed by atoms with E-state index in [1.807, 2.05) is 30.5 Å². The lowest BCUT2D eigenvalue weighted by atomic mass is 10.0. The van der Waals surface area contributed by atoms with Crippen LogP contribution in [0.2, 0.25) is 0 Å². The molecule has 0 radical (unpaired) electrons. The lowest BCUT2D eigenvalue weighted by Crippen LogP contribution is -2.48. The largest absolute Gasteiger partial charge is 0.465 e. The van der Waals surface area contributed by atoms with Crippen LogP contribution >= 0.6 is 0 Å². The highest BCUT2D eigenvalue weighted by atomic mass is 16.5. The van der Waals surface area contributed by atoms with Crippen LogP contribution in [-0.4, -0.2) is 42.0 Å². The first-order valence-corrected chi connectivity index (χ1v) is 7.76. The van der Waals surface area contributed by atoms with Gasteiger partial charge < -0.3 is 20.4 Å². The predicted molar refractivity (Wildman–Crippen MR) is 89.3 cm³/mol. The van der Waals surface area contributed by atoms with E-state index in [1.54, 1.807) is 6.92 Å². The monoisotopic (exact) mass is 331 g/mol. The van der Waals surface area contributed by atoms with Crippen LogP contribution in [0, 0.1) is 0 Å². The Labute approximate surface area is 139 Å². The fraction of sp³-hybridized carbons (Fsp3) is 0.353. The molecule has 0 bridgehead atoms. The molecule has 3 N–H and O–H groups in total. The maximum absolute atomic E-state index is 12.3. The standard InChI is InChI=1S/C17H21N3O4/c1-3-24-16(22)10-19-17(23)15(20-11(2)21)8-12-9-18-14-7-5-4-6-13(12)14/h4-7,9,15,18H,3,8,10H2,1-2H3,(H,19,23)(H,20,21)/t15-/m0/s1. The summed E-state index contributed by atoms with van der Waals surface area (Å²) in [6.45, 7) is 3.06. The van der Waals surface area contributed by atoms with Gasteiger partial charge in [-0.2, -0.15) is 0 Å². The van der Waals surface area contributed by atoms with Gasteiger partial charge in [0.15, 0.2) is 0 Å². The fourth-order valence-corrected chi connectivity index (χ4v) is 2.47. The Morgan fingerprint density at radius 2 is 2.00 bits per heavy atom. The molecule has 24 heavy (non-hydrogen) atoms. The van der Waals surface area contributed by atoms with E-state index in [0.717, 1.165) is 16.5 Å². The van der Waals surface area contributed by atoms with Crippen molar-refractivity contribution in [1.82, 2.24) is 15.6 Å². The number of hydrogen-bond donors (Lipinski definition) is 3. The second-order valence-corrected chi connectivity index (χ2v) is 5.34. The van der Waals surface area contributed by atoms with Crippen LogP contribution in [-0.2, 0) is 25.5 Å². The molecule has 7 heteroatoms. The van der Waals surface area contributed by atoms with Gasteiger partial charge in [0.25, 0.3) is 0 Å². The zero-order valence-electron chi connectivity index (χ0n) is 13.7. The number of benzene rings is 1. The average Bonchev–Trinajstić information content (AvgIpc) is 2.95. The molecule has 128 valence electrons. The number of hydrogen-bond acceptors (Lipinski definition) is 4. The van der Waals surface area contributed by atoms with E-state index in [2.05, 4.69) is 15.6 Å². The Hall–Kier alpha value is -2.83. The van der Waals surface area contributed by atoms with Crippen molar-refractivity contribution >= 4 is 28.7 Å². The second kappa shape index (κ2) is 8.14. The maximum atomic E-state index is 12.3. The number of ether oxygens (including phenoxy) is 1. The van der Waals surface area contributed by atoms with Crippen LogP contribution < -0.4 is 10.6 Å². The van der Waals surface area contributed by atoms with E-state index >= 15 is 0 Å².